The van der Waals surface area contributed by atoms with Crippen molar-refractivity contribution in [2.75, 3.05) is 54.6 Å². The van der Waals surface area contributed by atoms with Crippen molar-refractivity contribution in [1.29, 1.82) is 0 Å². The first kappa shape index (κ1) is 66.8. The molecule has 0 aromatic carbocycles. The largest absolute Gasteiger partial charge is 0.462 e. The monoisotopic (exact) mass is 1130 g/mol. The number of likely N-dealkylation sites (tertiary alicyclic amines) is 1. The van der Waals surface area contributed by atoms with Crippen LogP contribution in [0.4, 0.5) is 0 Å². The van der Waals surface area contributed by atoms with Gasteiger partial charge in [0.15, 0.2) is 30.8 Å². The molecule has 0 spiro atoms. The third kappa shape index (κ3) is 18.5. The molecule has 0 aromatic rings. The fraction of sp³-hybridized carbons (Fsp3) is 0.862. The fourth-order valence-electron chi connectivity index (χ4n) is 12.0. The summed E-state index contributed by atoms with van der Waals surface area (Å²) in [7, 11) is 6.53. The Bertz CT molecular complexity index is 2000. The number of carbonyl (C=O) groups is 4. The summed E-state index contributed by atoms with van der Waals surface area (Å²) in [4.78, 5) is 58.7. The lowest BCUT2D eigenvalue weighted by Crippen LogP contribution is -2.65. The molecule has 0 amide bonds. The van der Waals surface area contributed by atoms with Crippen molar-refractivity contribution in [2.45, 2.75) is 231 Å². The Balaban J connectivity index is 1.49. The lowest BCUT2D eigenvalue weighted by molar-refractivity contribution is -0.378. The first-order valence-corrected chi connectivity index (χ1v) is 28.8. The second-order valence-corrected chi connectivity index (χ2v) is 23.8. The molecule has 21 nitrogen and oxygen atoms in total. The van der Waals surface area contributed by atoms with E-state index < -0.39 is 146 Å². The number of rotatable bonds is 18. The van der Waals surface area contributed by atoms with E-state index in [9.17, 15) is 39.6 Å². The van der Waals surface area contributed by atoms with Crippen LogP contribution in [-0.2, 0) is 71.3 Å². The molecule has 0 aliphatic carbocycles. The van der Waals surface area contributed by atoms with Gasteiger partial charge in [-0.15, -0.1) is 0 Å². The highest BCUT2D eigenvalue weighted by Crippen LogP contribution is 2.40. The molecular weight excluding hydrogens is 1030 g/mol. The van der Waals surface area contributed by atoms with Crippen LogP contribution in [0.1, 0.15) is 128 Å². The van der Waals surface area contributed by atoms with E-state index in [0.29, 0.717) is 57.3 Å². The Hall–Kier alpha value is -3.00. The van der Waals surface area contributed by atoms with Gasteiger partial charge in [-0.1, -0.05) is 59.3 Å². The predicted octanol–water partition coefficient (Wildman–Crippen LogP) is 4.46. The zero-order chi connectivity index (χ0) is 58.6. The number of methoxy groups -OCH3 is 2. The Morgan fingerprint density at radius 1 is 0.873 bits per heavy atom. The van der Waals surface area contributed by atoms with Crippen LogP contribution in [-0.4, -0.2) is 212 Å². The number of hydrogen-bond acceptors (Lipinski definition) is 21. The van der Waals surface area contributed by atoms with E-state index in [-0.39, 0.29) is 43.5 Å². The summed E-state index contributed by atoms with van der Waals surface area (Å²) in [5, 5.41) is 45.2. The van der Waals surface area contributed by atoms with E-state index >= 15 is 0 Å². The highest BCUT2D eigenvalue weighted by atomic mass is 16.8. The maximum Gasteiger partial charge on any atom is 0.309 e. The first-order valence-electron chi connectivity index (χ1n) is 28.8. The fourth-order valence-corrected chi connectivity index (χ4v) is 12.0. The second kappa shape index (κ2) is 30.5. The molecule has 0 saturated carbocycles. The van der Waals surface area contributed by atoms with E-state index in [4.69, 9.17) is 52.1 Å². The molecule has 1 unspecified atom stereocenters. The minimum absolute atomic E-state index is 0.0196. The number of aliphatic hydroxyl groups excluding tert-OH is 3. The molecule has 5 aliphatic rings. The highest BCUT2D eigenvalue weighted by molar-refractivity contribution is 5.91. The number of ketones is 1. The van der Waals surface area contributed by atoms with Crippen molar-refractivity contribution in [3.63, 3.8) is 0 Å². The molecule has 0 aromatic heterocycles. The Morgan fingerprint density at radius 2 is 1.53 bits per heavy atom. The zero-order valence-corrected chi connectivity index (χ0v) is 49.7. The molecule has 0 bridgehead atoms. The van der Waals surface area contributed by atoms with Crippen LogP contribution in [0.5, 0.6) is 0 Å². The highest BCUT2D eigenvalue weighted by Gasteiger charge is 2.53. The van der Waals surface area contributed by atoms with Gasteiger partial charge in [0.25, 0.3) is 0 Å². The van der Waals surface area contributed by atoms with Gasteiger partial charge in [-0.25, -0.2) is 0 Å². The zero-order valence-electron chi connectivity index (χ0n) is 49.7. The van der Waals surface area contributed by atoms with Crippen LogP contribution in [0.25, 0.3) is 0 Å². The Morgan fingerprint density at radius 3 is 2.13 bits per heavy atom. The summed E-state index contributed by atoms with van der Waals surface area (Å²) in [5.41, 5.74) is 0.704. The lowest BCUT2D eigenvalue weighted by atomic mass is 9.79. The van der Waals surface area contributed by atoms with Gasteiger partial charge < -0.3 is 82.3 Å². The summed E-state index contributed by atoms with van der Waals surface area (Å²) in [5.74, 6) is -6.43. The number of piperidine rings is 1. The molecule has 454 valence electrons. The van der Waals surface area contributed by atoms with Crippen LogP contribution in [0.2, 0.25) is 0 Å². The van der Waals surface area contributed by atoms with Crippen LogP contribution < -0.4 is 0 Å². The van der Waals surface area contributed by atoms with Crippen molar-refractivity contribution >= 4 is 23.7 Å². The molecule has 4 fully saturated rings. The van der Waals surface area contributed by atoms with Gasteiger partial charge in [0.1, 0.15) is 42.7 Å². The Labute approximate surface area is 469 Å². The molecule has 21 heteroatoms. The normalized spacial score (nSPS) is 41.1. The summed E-state index contributed by atoms with van der Waals surface area (Å²) < 4.78 is 68.3. The average molecular weight is 1130 g/mol. The number of esters is 3. The quantitative estimate of drug-likeness (QED) is 0.109. The van der Waals surface area contributed by atoms with E-state index in [1.165, 1.54) is 28.1 Å². The smallest absolute Gasteiger partial charge is 0.309 e. The molecule has 5 heterocycles. The number of carbonyl (C=O) groups excluding carboxylic acids is 4. The minimum atomic E-state index is -1.89. The molecule has 5 aliphatic heterocycles. The minimum Gasteiger partial charge on any atom is -0.462 e. The van der Waals surface area contributed by atoms with Crippen LogP contribution in [0.15, 0.2) is 23.8 Å². The van der Waals surface area contributed by atoms with Crippen molar-refractivity contribution in [2.24, 2.45) is 35.5 Å². The standard InChI is InChI=1S/C58H98N2O19/c1-16-43-40(30-71-57-54(70-15)53(69-14)49(66)36(8)72-57)26-32(4)17-18-42(63)33(5)27-39(19-22-60-23-20-41(62)21-24-60)51(35(7)44(74-38(10)61)29-46(65)75-43)78-56-50(67)48(59(12)13)52(37(9)73-56)77-47-28-34(6)55(58(11,68)79-47)76-45(64)25-31(2)3/h17-18,26,31,33-37,39-41,43-44,47-57,62,66-68H,16,19-25,27-30H2,1-15H3/b18-17+,32-26+/t33-,34-,35?,36-,37-,39+,40-,43-,44-,47+,48-,49-,50-,51-,52-,53-,54-,55+,56+,57-,58-/m1/s1. The third-order valence-electron chi connectivity index (χ3n) is 16.5. The number of hydrogen-bond donors (Lipinski definition) is 4. The van der Waals surface area contributed by atoms with Crippen LogP contribution in [0.3, 0.4) is 0 Å². The summed E-state index contributed by atoms with van der Waals surface area (Å²) in [6.07, 6.45) is -5.93. The number of cyclic esters (lactones) is 1. The molecule has 21 atom stereocenters. The van der Waals surface area contributed by atoms with E-state index in [2.05, 4.69) is 4.90 Å². The Kier molecular flexibility index (Phi) is 25.8. The van der Waals surface area contributed by atoms with E-state index in [1.54, 1.807) is 45.0 Å². The summed E-state index contributed by atoms with van der Waals surface area (Å²) in [6, 6.07) is -0.774. The van der Waals surface area contributed by atoms with Crippen molar-refractivity contribution < 1.29 is 91.7 Å². The third-order valence-corrected chi connectivity index (χ3v) is 16.5. The van der Waals surface area contributed by atoms with Gasteiger partial charge in [-0.3, -0.25) is 19.2 Å². The topological polar surface area (TPSA) is 257 Å². The molecule has 4 saturated heterocycles. The van der Waals surface area contributed by atoms with Gasteiger partial charge in [-0.2, -0.15) is 0 Å². The average Bonchev–Trinajstić information content (AvgIpc) is 3.41. The second-order valence-electron chi connectivity index (χ2n) is 23.8. The van der Waals surface area contributed by atoms with Gasteiger partial charge in [-0.05, 0) is 98.4 Å². The molecule has 4 N–H and O–H groups in total. The number of nitrogens with zero attached hydrogens (tertiary/aromatic N) is 2. The van der Waals surface area contributed by atoms with Crippen molar-refractivity contribution in [3.8, 4) is 0 Å². The lowest BCUT2D eigenvalue weighted by Gasteiger charge is -2.50. The van der Waals surface area contributed by atoms with Crippen LogP contribution >= 0.6 is 0 Å². The van der Waals surface area contributed by atoms with Crippen LogP contribution in [0, 0.1) is 35.5 Å². The maximum absolute atomic E-state index is 14.5. The summed E-state index contributed by atoms with van der Waals surface area (Å²) in [6.45, 7) is 21.1. The first-order chi connectivity index (χ1) is 37.2. The SMILES string of the molecule is CC[C@H]1OC(=O)C[C@@H](OC(C)=O)C(C)[C@@H](O[C@@H]2O[C@H](C)[C@@H](O[C@@H]3C[C@@H](C)[C@H](OC(=O)CC(C)C)[C@](C)(O)O3)[C@H](N(C)C)[C@H]2O)[C@@H](CCN2CCC(O)CC2)C[C@@H](C)C(=O)/C=C/C(C)=C/[C@@H]1CO[C@@H]1O[C@H](C)[C@@H](O)[C@@H](OC)[C@H]1OC. The van der Waals surface area contributed by atoms with Gasteiger partial charge in [0.05, 0.1) is 43.5 Å². The van der Waals surface area contributed by atoms with Crippen molar-refractivity contribution in [1.82, 2.24) is 9.80 Å². The number of ether oxygens (including phenoxy) is 11. The van der Waals surface area contributed by atoms with Crippen molar-refractivity contribution in [3.05, 3.63) is 23.8 Å². The number of likely N-dealkylation sites (N-methyl/N-ethyl adjacent to an activating group) is 1. The van der Waals surface area contributed by atoms with E-state index in [1.807, 2.05) is 54.5 Å². The van der Waals surface area contributed by atoms with Gasteiger partial charge in [0.2, 0.25) is 5.79 Å². The maximum atomic E-state index is 14.5. The van der Waals surface area contributed by atoms with Gasteiger partial charge in [0, 0.05) is 70.7 Å². The molecule has 5 rings (SSSR count). The molecule has 0 radical (unpaired) electrons. The van der Waals surface area contributed by atoms with Gasteiger partial charge >= 0.3 is 17.9 Å². The molecule has 79 heavy (non-hydrogen) atoms. The number of allylic oxidation sites excluding steroid dienone is 3. The molecular formula is C58H98N2O19. The summed E-state index contributed by atoms with van der Waals surface area (Å²) >= 11 is 0. The predicted molar refractivity (Wildman–Crippen MR) is 289 cm³/mol. The number of aliphatic hydroxyl groups is 4. The van der Waals surface area contributed by atoms with E-state index in [0.717, 1.165) is 0 Å².